The fraction of sp³-hybridized carbons (Fsp3) is 0.350. The monoisotopic (exact) mass is 344 g/mol. The molecule has 1 aliphatic carbocycles. The van der Waals surface area contributed by atoms with Crippen LogP contribution < -0.4 is 11.1 Å². The summed E-state index contributed by atoms with van der Waals surface area (Å²) in [6.45, 7) is 0.687. The number of fused-ring (bicyclic) bond motifs is 1. The summed E-state index contributed by atoms with van der Waals surface area (Å²) in [5.41, 5.74) is 10.5. The number of hydrogen-bond donors (Lipinski definition) is 2. The van der Waals surface area contributed by atoms with E-state index in [0.29, 0.717) is 18.9 Å². The predicted octanol–water partition coefficient (Wildman–Crippen LogP) is 3.54. The molecular formula is C20H25ClN2O. The van der Waals surface area contributed by atoms with Gasteiger partial charge < -0.3 is 11.1 Å². The van der Waals surface area contributed by atoms with E-state index < -0.39 is 0 Å². The van der Waals surface area contributed by atoms with E-state index in [1.165, 1.54) is 16.7 Å². The largest absolute Gasteiger partial charge is 0.399 e. The van der Waals surface area contributed by atoms with E-state index in [4.69, 9.17) is 5.73 Å². The SMILES string of the molecule is Cl.Nc1ccc(CCNC(=O)CC2CCc3ccccc3C2)cc1. The Bertz CT molecular complexity index is 670. The first-order chi connectivity index (χ1) is 11.2. The number of carbonyl (C=O) groups excluding carboxylic acids is 1. The first-order valence-electron chi connectivity index (χ1n) is 8.38. The second-order valence-electron chi connectivity index (χ2n) is 6.42. The summed E-state index contributed by atoms with van der Waals surface area (Å²) in [5, 5.41) is 3.05. The Morgan fingerprint density at radius 3 is 2.54 bits per heavy atom. The maximum absolute atomic E-state index is 12.1. The Hall–Kier alpha value is -2.00. The van der Waals surface area contributed by atoms with E-state index in [2.05, 4.69) is 29.6 Å². The van der Waals surface area contributed by atoms with Gasteiger partial charge in [0, 0.05) is 18.7 Å². The van der Waals surface area contributed by atoms with Gasteiger partial charge in [0.2, 0.25) is 5.91 Å². The van der Waals surface area contributed by atoms with E-state index >= 15 is 0 Å². The van der Waals surface area contributed by atoms with Crippen molar-refractivity contribution in [2.75, 3.05) is 12.3 Å². The zero-order valence-corrected chi connectivity index (χ0v) is 14.6. The van der Waals surface area contributed by atoms with Crippen molar-refractivity contribution in [3.8, 4) is 0 Å². The van der Waals surface area contributed by atoms with Crippen molar-refractivity contribution in [3.63, 3.8) is 0 Å². The minimum atomic E-state index is 0. The molecule has 0 aromatic heterocycles. The number of hydrogen-bond acceptors (Lipinski definition) is 2. The van der Waals surface area contributed by atoms with Crippen molar-refractivity contribution in [1.29, 1.82) is 0 Å². The number of rotatable bonds is 5. The van der Waals surface area contributed by atoms with Gasteiger partial charge in [0.05, 0.1) is 0 Å². The van der Waals surface area contributed by atoms with E-state index in [-0.39, 0.29) is 18.3 Å². The summed E-state index contributed by atoms with van der Waals surface area (Å²) in [6.07, 6.45) is 4.72. The normalized spacial score (nSPS) is 15.9. The zero-order valence-electron chi connectivity index (χ0n) is 13.8. The van der Waals surface area contributed by atoms with Crippen LogP contribution in [0.3, 0.4) is 0 Å². The van der Waals surface area contributed by atoms with Crippen molar-refractivity contribution < 1.29 is 4.79 Å². The molecule has 2 aromatic carbocycles. The Balaban J connectivity index is 0.00000208. The molecule has 0 saturated heterocycles. The van der Waals surface area contributed by atoms with Gasteiger partial charge in [-0.3, -0.25) is 4.79 Å². The number of nitrogens with two attached hydrogens (primary N) is 1. The molecule has 0 spiro atoms. The third-order valence-electron chi connectivity index (χ3n) is 4.64. The third kappa shape index (κ3) is 5.00. The van der Waals surface area contributed by atoms with Crippen LogP contribution in [0, 0.1) is 5.92 Å². The van der Waals surface area contributed by atoms with E-state index in [1.807, 2.05) is 24.3 Å². The second kappa shape index (κ2) is 8.74. The fourth-order valence-electron chi connectivity index (χ4n) is 3.31. The molecule has 0 radical (unpaired) electrons. The highest BCUT2D eigenvalue weighted by Crippen LogP contribution is 2.27. The van der Waals surface area contributed by atoms with Crippen LogP contribution in [-0.2, 0) is 24.1 Å². The lowest BCUT2D eigenvalue weighted by Gasteiger charge is -2.24. The summed E-state index contributed by atoms with van der Waals surface area (Å²) < 4.78 is 0. The van der Waals surface area contributed by atoms with Crippen LogP contribution in [0.25, 0.3) is 0 Å². The number of carbonyl (C=O) groups is 1. The number of benzene rings is 2. The number of anilines is 1. The number of nitrogens with one attached hydrogen (secondary N) is 1. The fourth-order valence-corrected chi connectivity index (χ4v) is 3.31. The summed E-state index contributed by atoms with van der Waals surface area (Å²) >= 11 is 0. The van der Waals surface area contributed by atoms with Crippen LogP contribution >= 0.6 is 12.4 Å². The van der Waals surface area contributed by atoms with Gasteiger partial charge in [0.1, 0.15) is 0 Å². The molecule has 0 saturated carbocycles. The van der Waals surface area contributed by atoms with Gasteiger partial charge in [-0.15, -0.1) is 12.4 Å². The molecule has 1 aliphatic rings. The molecule has 4 heteroatoms. The summed E-state index contributed by atoms with van der Waals surface area (Å²) in [7, 11) is 0. The second-order valence-corrected chi connectivity index (χ2v) is 6.42. The maximum atomic E-state index is 12.1. The topological polar surface area (TPSA) is 55.1 Å². The molecule has 0 bridgehead atoms. The first-order valence-corrected chi connectivity index (χ1v) is 8.38. The average Bonchev–Trinajstić information content (AvgIpc) is 2.56. The molecule has 1 atom stereocenters. The molecule has 3 rings (SSSR count). The maximum Gasteiger partial charge on any atom is 0.220 e. The molecule has 1 amide bonds. The molecule has 3 N–H and O–H groups in total. The lowest BCUT2D eigenvalue weighted by molar-refractivity contribution is -0.122. The van der Waals surface area contributed by atoms with Crippen LogP contribution in [0.5, 0.6) is 0 Å². The zero-order chi connectivity index (χ0) is 16.1. The van der Waals surface area contributed by atoms with Crippen molar-refractivity contribution in [2.45, 2.75) is 32.1 Å². The van der Waals surface area contributed by atoms with Crippen molar-refractivity contribution >= 4 is 24.0 Å². The summed E-state index contributed by atoms with van der Waals surface area (Å²) in [4.78, 5) is 12.1. The van der Waals surface area contributed by atoms with Crippen molar-refractivity contribution in [2.24, 2.45) is 5.92 Å². The summed E-state index contributed by atoms with van der Waals surface area (Å²) in [5.74, 6) is 0.645. The quantitative estimate of drug-likeness (QED) is 0.815. The van der Waals surface area contributed by atoms with Gasteiger partial charge in [0.15, 0.2) is 0 Å². The Morgan fingerprint density at radius 2 is 1.79 bits per heavy atom. The van der Waals surface area contributed by atoms with E-state index in [0.717, 1.165) is 31.4 Å². The minimum absolute atomic E-state index is 0. The van der Waals surface area contributed by atoms with Crippen LogP contribution in [0.15, 0.2) is 48.5 Å². The van der Waals surface area contributed by atoms with E-state index in [1.54, 1.807) is 0 Å². The minimum Gasteiger partial charge on any atom is -0.399 e. The molecule has 0 aliphatic heterocycles. The predicted molar refractivity (Wildman–Crippen MR) is 101 cm³/mol. The number of amides is 1. The van der Waals surface area contributed by atoms with Gasteiger partial charge in [-0.1, -0.05) is 36.4 Å². The molecule has 128 valence electrons. The molecule has 1 unspecified atom stereocenters. The van der Waals surface area contributed by atoms with Crippen molar-refractivity contribution in [1.82, 2.24) is 5.32 Å². The lowest BCUT2D eigenvalue weighted by Crippen LogP contribution is -2.29. The van der Waals surface area contributed by atoms with Crippen molar-refractivity contribution in [3.05, 3.63) is 65.2 Å². The van der Waals surface area contributed by atoms with E-state index in [9.17, 15) is 4.79 Å². The molecule has 3 nitrogen and oxygen atoms in total. The first kappa shape index (κ1) is 18.3. The number of halogens is 1. The summed E-state index contributed by atoms with van der Waals surface area (Å²) in [6, 6.07) is 16.4. The van der Waals surface area contributed by atoms with Gasteiger partial charge >= 0.3 is 0 Å². The van der Waals surface area contributed by atoms with Crippen LogP contribution in [0.1, 0.15) is 29.5 Å². The van der Waals surface area contributed by atoms with Gasteiger partial charge in [-0.2, -0.15) is 0 Å². The Labute approximate surface area is 150 Å². The molecule has 0 fully saturated rings. The highest BCUT2D eigenvalue weighted by molar-refractivity contribution is 5.85. The van der Waals surface area contributed by atoms with Crippen LogP contribution in [0.4, 0.5) is 5.69 Å². The lowest BCUT2D eigenvalue weighted by atomic mass is 9.82. The Morgan fingerprint density at radius 1 is 1.08 bits per heavy atom. The highest BCUT2D eigenvalue weighted by Gasteiger charge is 2.20. The van der Waals surface area contributed by atoms with Gasteiger partial charge in [-0.05, 0) is 60.4 Å². The smallest absolute Gasteiger partial charge is 0.220 e. The molecule has 2 aromatic rings. The van der Waals surface area contributed by atoms with Gasteiger partial charge in [0.25, 0.3) is 0 Å². The third-order valence-corrected chi connectivity index (χ3v) is 4.64. The number of aryl methyl sites for hydroxylation is 1. The Kier molecular flexibility index (Phi) is 6.68. The highest BCUT2D eigenvalue weighted by atomic mass is 35.5. The average molecular weight is 345 g/mol. The number of nitrogen functional groups attached to an aromatic ring is 1. The van der Waals surface area contributed by atoms with Crippen LogP contribution in [-0.4, -0.2) is 12.5 Å². The molecular weight excluding hydrogens is 320 g/mol. The molecule has 0 heterocycles. The standard InChI is InChI=1S/C20H24N2O.ClH/c21-19-9-6-15(7-10-19)11-12-22-20(23)14-16-5-8-17-3-1-2-4-18(17)13-16;/h1-4,6-7,9-10,16H,5,8,11-14,21H2,(H,22,23);1H. The molecule has 24 heavy (non-hydrogen) atoms. The van der Waals surface area contributed by atoms with Gasteiger partial charge in [-0.25, -0.2) is 0 Å². The van der Waals surface area contributed by atoms with Crippen LogP contribution in [0.2, 0.25) is 0 Å².